The van der Waals surface area contributed by atoms with Crippen molar-refractivity contribution in [2.75, 3.05) is 18.8 Å². The Morgan fingerprint density at radius 2 is 1.55 bits per heavy atom. The van der Waals surface area contributed by atoms with Gasteiger partial charge >= 0.3 is 0 Å². The fourth-order valence-corrected chi connectivity index (χ4v) is 2.18. The number of benzene rings is 1. The normalized spacial score (nSPS) is 11.8. The minimum absolute atomic E-state index is 0.243. The van der Waals surface area contributed by atoms with E-state index in [1.54, 1.807) is 6.07 Å². The van der Waals surface area contributed by atoms with Gasteiger partial charge in [-0.05, 0) is 61.5 Å². The van der Waals surface area contributed by atoms with Crippen molar-refractivity contribution < 1.29 is 4.39 Å². The first-order valence-electron chi connectivity index (χ1n) is 7.64. The number of rotatable bonds is 8. The molecular weight excluding hydrogens is 251 g/mol. The average Bonchev–Trinajstić information content (AvgIpc) is 2.31. The van der Waals surface area contributed by atoms with Gasteiger partial charge in [0.05, 0.1) is 0 Å². The van der Waals surface area contributed by atoms with Gasteiger partial charge in [0.25, 0.3) is 0 Å². The maximum Gasteiger partial charge on any atom is 0.125 e. The fourth-order valence-electron chi connectivity index (χ4n) is 2.18. The fraction of sp³-hybridized carbons (Fsp3) is 0.647. The second kappa shape index (κ2) is 8.25. The Morgan fingerprint density at radius 3 is 2.00 bits per heavy atom. The van der Waals surface area contributed by atoms with Crippen LogP contribution in [0.25, 0.3) is 0 Å². The zero-order valence-corrected chi connectivity index (χ0v) is 13.3. The Bertz CT molecular complexity index is 370. The zero-order chi connectivity index (χ0) is 15.1. The van der Waals surface area contributed by atoms with E-state index >= 15 is 0 Å². The third-order valence-corrected chi connectivity index (χ3v) is 3.43. The van der Waals surface area contributed by atoms with Crippen LogP contribution in [0.3, 0.4) is 0 Å². The number of hydrogen-bond donors (Lipinski definition) is 1. The van der Waals surface area contributed by atoms with Crippen LogP contribution in [0, 0.1) is 17.7 Å². The highest BCUT2D eigenvalue weighted by atomic mass is 19.1. The van der Waals surface area contributed by atoms with Gasteiger partial charge in [0.15, 0.2) is 0 Å². The summed E-state index contributed by atoms with van der Waals surface area (Å²) in [6.45, 7) is 11.8. The lowest BCUT2D eigenvalue weighted by Gasteiger charge is -2.24. The Balaban J connectivity index is 2.66. The molecule has 1 aromatic rings. The quantitative estimate of drug-likeness (QED) is 0.719. The molecule has 0 heterocycles. The lowest BCUT2D eigenvalue weighted by molar-refractivity contribution is 0.235. The second-order valence-electron chi connectivity index (χ2n) is 6.53. The summed E-state index contributed by atoms with van der Waals surface area (Å²) in [5.74, 6) is 1.14. The third-order valence-electron chi connectivity index (χ3n) is 3.43. The molecule has 0 unspecified atom stereocenters. The Morgan fingerprint density at radius 1 is 1.00 bits per heavy atom. The van der Waals surface area contributed by atoms with E-state index < -0.39 is 0 Å². The predicted molar refractivity (Wildman–Crippen MR) is 85.0 cm³/mol. The number of halogens is 1. The molecule has 0 fully saturated rings. The van der Waals surface area contributed by atoms with Gasteiger partial charge in [-0.25, -0.2) is 4.39 Å². The zero-order valence-electron chi connectivity index (χ0n) is 13.3. The van der Waals surface area contributed by atoms with Crippen molar-refractivity contribution in [3.05, 3.63) is 29.6 Å². The molecule has 1 aromatic carbocycles. The van der Waals surface area contributed by atoms with Crippen molar-refractivity contribution >= 4 is 5.69 Å². The van der Waals surface area contributed by atoms with E-state index in [9.17, 15) is 4.39 Å². The number of nitrogens with two attached hydrogens (primary N) is 1. The van der Waals surface area contributed by atoms with Gasteiger partial charge in [-0.15, -0.1) is 0 Å². The third kappa shape index (κ3) is 6.90. The van der Waals surface area contributed by atoms with E-state index in [-0.39, 0.29) is 5.82 Å². The first-order valence-corrected chi connectivity index (χ1v) is 7.64. The van der Waals surface area contributed by atoms with Crippen LogP contribution in [-0.4, -0.2) is 18.0 Å². The van der Waals surface area contributed by atoms with Crippen molar-refractivity contribution in [3.8, 4) is 0 Å². The highest BCUT2D eigenvalue weighted by Gasteiger charge is 2.09. The molecule has 2 N–H and O–H groups in total. The van der Waals surface area contributed by atoms with Gasteiger partial charge in [-0.3, -0.25) is 4.90 Å². The highest BCUT2D eigenvalue weighted by molar-refractivity contribution is 5.41. The van der Waals surface area contributed by atoms with Crippen LogP contribution in [0.2, 0.25) is 0 Å². The molecule has 0 bridgehead atoms. The summed E-state index contributed by atoms with van der Waals surface area (Å²) in [6.07, 6.45) is 2.34. The molecule has 114 valence electrons. The first kappa shape index (κ1) is 17.0. The number of anilines is 1. The number of nitrogen functional groups attached to an aromatic ring is 1. The maximum absolute atomic E-state index is 13.4. The van der Waals surface area contributed by atoms with Crippen LogP contribution >= 0.6 is 0 Å². The SMILES string of the molecule is CC(C)CCN(CCC(C)C)Cc1cc(N)cc(F)c1. The van der Waals surface area contributed by atoms with Crippen LogP contribution in [0.15, 0.2) is 18.2 Å². The van der Waals surface area contributed by atoms with Gasteiger partial charge in [-0.2, -0.15) is 0 Å². The molecule has 0 aliphatic heterocycles. The van der Waals surface area contributed by atoms with E-state index in [1.165, 1.54) is 18.9 Å². The molecule has 0 saturated carbocycles. The minimum atomic E-state index is -0.243. The summed E-state index contributed by atoms with van der Waals surface area (Å²) >= 11 is 0. The molecule has 20 heavy (non-hydrogen) atoms. The molecule has 0 amide bonds. The van der Waals surface area contributed by atoms with Crippen LogP contribution in [0.1, 0.15) is 46.1 Å². The summed E-state index contributed by atoms with van der Waals surface area (Å²) in [5, 5.41) is 0. The van der Waals surface area contributed by atoms with Gasteiger partial charge in [0, 0.05) is 12.2 Å². The summed E-state index contributed by atoms with van der Waals surface area (Å²) < 4.78 is 13.4. The molecule has 1 rings (SSSR count). The smallest absolute Gasteiger partial charge is 0.125 e. The minimum Gasteiger partial charge on any atom is -0.399 e. The van der Waals surface area contributed by atoms with Gasteiger partial charge in [0.2, 0.25) is 0 Å². The molecule has 0 radical (unpaired) electrons. The van der Waals surface area contributed by atoms with Crippen LogP contribution in [-0.2, 0) is 6.54 Å². The summed E-state index contributed by atoms with van der Waals surface area (Å²) in [5.41, 5.74) is 7.20. The van der Waals surface area contributed by atoms with Crippen LogP contribution < -0.4 is 5.73 Å². The molecule has 2 nitrogen and oxygen atoms in total. The molecule has 0 aromatic heterocycles. The second-order valence-corrected chi connectivity index (χ2v) is 6.53. The van der Waals surface area contributed by atoms with E-state index in [1.807, 2.05) is 6.07 Å². The Labute approximate surface area is 123 Å². The van der Waals surface area contributed by atoms with Gasteiger partial charge in [-0.1, -0.05) is 27.7 Å². The Kier molecular flexibility index (Phi) is 7.00. The van der Waals surface area contributed by atoms with Crippen molar-refractivity contribution in [2.24, 2.45) is 11.8 Å². The molecule has 3 heteroatoms. The standard InChI is InChI=1S/C17H29FN2/c1-13(2)5-7-20(8-6-14(3)4)12-15-9-16(18)11-17(19)10-15/h9-11,13-14H,5-8,12,19H2,1-4H3. The summed E-state index contributed by atoms with van der Waals surface area (Å²) in [4.78, 5) is 2.41. The van der Waals surface area contributed by atoms with Crippen molar-refractivity contribution in [1.29, 1.82) is 0 Å². The van der Waals surface area contributed by atoms with Gasteiger partial charge in [0.1, 0.15) is 5.82 Å². The molecule has 0 saturated heterocycles. The monoisotopic (exact) mass is 280 g/mol. The molecule has 0 aliphatic rings. The largest absolute Gasteiger partial charge is 0.399 e. The first-order chi connectivity index (χ1) is 9.36. The maximum atomic E-state index is 13.4. The number of nitrogens with zero attached hydrogens (tertiary/aromatic N) is 1. The van der Waals surface area contributed by atoms with Gasteiger partial charge < -0.3 is 5.73 Å². The summed E-state index contributed by atoms with van der Waals surface area (Å²) in [7, 11) is 0. The molecule has 0 spiro atoms. The molecular formula is C17H29FN2. The molecule has 0 atom stereocenters. The molecule has 0 aliphatic carbocycles. The van der Waals surface area contributed by atoms with E-state index in [2.05, 4.69) is 32.6 Å². The topological polar surface area (TPSA) is 29.3 Å². The van der Waals surface area contributed by atoms with Crippen molar-refractivity contribution in [2.45, 2.75) is 47.1 Å². The number of hydrogen-bond acceptors (Lipinski definition) is 2. The predicted octanol–water partition coefficient (Wildman–Crippen LogP) is 4.30. The Hall–Kier alpha value is -1.09. The van der Waals surface area contributed by atoms with Crippen LogP contribution in [0.4, 0.5) is 10.1 Å². The summed E-state index contributed by atoms with van der Waals surface area (Å²) in [6, 6.07) is 4.84. The van der Waals surface area contributed by atoms with E-state index in [0.717, 1.165) is 25.2 Å². The highest BCUT2D eigenvalue weighted by Crippen LogP contribution is 2.15. The van der Waals surface area contributed by atoms with Crippen molar-refractivity contribution in [1.82, 2.24) is 4.90 Å². The lowest BCUT2D eigenvalue weighted by atomic mass is 10.1. The lowest BCUT2D eigenvalue weighted by Crippen LogP contribution is -2.27. The van der Waals surface area contributed by atoms with Crippen molar-refractivity contribution in [3.63, 3.8) is 0 Å². The van der Waals surface area contributed by atoms with E-state index in [0.29, 0.717) is 17.5 Å². The average molecular weight is 280 g/mol. The van der Waals surface area contributed by atoms with E-state index in [4.69, 9.17) is 5.73 Å². The van der Waals surface area contributed by atoms with Crippen LogP contribution in [0.5, 0.6) is 0 Å².